The number of hydrogen-bond donors (Lipinski definition) is 1. The van der Waals surface area contributed by atoms with Crippen LogP contribution < -0.4 is 5.32 Å². The van der Waals surface area contributed by atoms with E-state index in [-0.39, 0.29) is 0 Å². The van der Waals surface area contributed by atoms with Crippen LogP contribution in [0.5, 0.6) is 0 Å². The Balaban J connectivity index is 2.63. The maximum absolute atomic E-state index is 5.49. The van der Waals surface area contributed by atoms with Crippen molar-refractivity contribution < 1.29 is 9.47 Å². The van der Waals surface area contributed by atoms with E-state index < -0.39 is 0 Å². The third kappa shape index (κ3) is 4.30. The van der Waals surface area contributed by atoms with Gasteiger partial charge >= 0.3 is 0 Å². The molecule has 1 N–H and O–H groups in total. The average Bonchev–Trinajstić information content (AvgIpc) is 2.68. The summed E-state index contributed by atoms with van der Waals surface area (Å²) in [6.45, 7) is 9.12. The highest BCUT2D eigenvalue weighted by molar-refractivity contribution is 5.28. The molecule has 5 heteroatoms. The Hall–Kier alpha value is -0.910. The van der Waals surface area contributed by atoms with Gasteiger partial charge in [-0.1, -0.05) is 6.92 Å². The maximum atomic E-state index is 5.49. The van der Waals surface area contributed by atoms with Gasteiger partial charge < -0.3 is 14.8 Å². The van der Waals surface area contributed by atoms with E-state index >= 15 is 0 Å². The summed E-state index contributed by atoms with van der Waals surface area (Å²) < 4.78 is 12.5. The second-order valence-corrected chi connectivity index (χ2v) is 4.66. The Morgan fingerprint density at radius 3 is 2.58 bits per heavy atom. The van der Waals surface area contributed by atoms with E-state index in [1.807, 2.05) is 11.7 Å². The molecule has 1 rings (SSSR count). The fraction of sp³-hybridized carbons (Fsp3) is 0.786. The first kappa shape index (κ1) is 16.1. The highest BCUT2D eigenvalue weighted by Crippen LogP contribution is 2.23. The summed E-state index contributed by atoms with van der Waals surface area (Å²) in [6, 6.07) is 0.378. The van der Waals surface area contributed by atoms with Gasteiger partial charge in [-0.15, -0.1) is 0 Å². The van der Waals surface area contributed by atoms with E-state index in [1.54, 1.807) is 7.11 Å². The lowest BCUT2D eigenvalue weighted by Gasteiger charge is -2.14. The SMILES string of the molecule is CCC(NC)c1c(C)nn(CCOCCOC)c1C. The van der Waals surface area contributed by atoms with Crippen molar-refractivity contribution in [3.63, 3.8) is 0 Å². The zero-order valence-corrected chi connectivity index (χ0v) is 12.8. The van der Waals surface area contributed by atoms with Crippen molar-refractivity contribution in [2.24, 2.45) is 0 Å². The van der Waals surface area contributed by atoms with E-state index in [4.69, 9.17) is 9.47 Å². The van der Waals surface area contributed by atoms with Gasteiger partial charge in [-0.2, -0.15) is 5.10 Å². The maximum Gasteiger partial charge on any atom is 0.0701 e. The summed E-state index contributed by atoms with van der Waals surface area (Å²) in [5.41, 5.74) is 3.66. The number of hydrogen-bond acceptors (Lipinski definition) is 4. The number of aromatic nitrogens is 2. The summed E-state index contributed by atoms with van der Waals surface area (Å²) in [6.07, 6.45) is 1.06. The fourth-order valence-electron chi connectivity index (χ4n) is 2.38. The smallest absolute Gasteiger partial charge is 0.0701 e. The molecule has 0 aromatic carbocycles. The first-order valence-corrected chi connectivity index (χ1v) is 6.93. The Morgan fingerprint density at radius 1 is 1.26 bits per heavy atom. The molecule has 1 unspecified atom stereocenters. The van der Waals surface area contributed by atoms with Crippen LogP contribution in [0.4, 0.5) is 0 Å². The number of rotatable bonds is 9. The Labute approximate surface area is 116 Å². The molecule has 1 heterocycles. The standard InChI is InChI=1S/C14H27N3O2/c1-6-13(15-4)14-11(2)16-17(12(14)3)7-8-19-10-9-18-5/h13,15H,6-10H2,1-5H3. The molecule has 110 valence electrons. The van der Waals surface area contributed by atoms with Gasteiger partial charge in [0.2, 0.25) is 0 Å². The summed E-state index contributed by atoms with van der Waals surface area (Å²) >= 11 is 0. The van der Waals surface area contributed by atoms with Gasteiger partial charge in [0.25, 0.3) is 0 Å². The minimum Gasteiger partial charge on any atom is -0.382 e. The summed E-state index contributed by atoms with van der Waals surface area (Å²) in [5, 5.41) is 7.96. The van der Waals surface area contributed by atoms with E-state index in [2.05, 4.69) is 31.2 Å². The monoisotopic (exact) mass is 269 g/mol. The quantitative estimate of drug-likeness (QED) is 0.695. The van der Waals surface area contributed by atoms with E-state index in [0.717, 1.165) is 18.7 Å². The fourth-order valence-corrected chi connectivity index (χ4v) is 2.38. The van der Waals surface area contributed by atoms with Gasteiger partial charge in [-0.05, 0) is 27.3 Å². The number of nitrogens with zero attached hydrogens (tertiary/aromatic N) is 2. The number of aryl methyl sites for hydroxylation is 1. The van der Waals surface area contributed by atoms with Crippen molar-refractivity contribution in [3.8, 4) is 0 Å². The van der Waals surface area contributed by atoms with Crippen LogP contribution >= 0.6 is 0 Å². The number of ether oxygens (including phenoxy) is 2. The zero-order valence-electron chi connectivity index (χ0n) is 12.8. The van der Waals surface area contributed by atoms with Gasteiger partial charge in [0, 0.05) is 24.4 Å². The molecule has 1 atom stereocenters. The molecule has 1 aromatic rings. The molecule has 0 amide bonds. The van der Waals surface area contributed by atoms with Crippen LogP contribution in [0.2, 0.25) is 0 Å². The summed E-state index contributed by atoms with van der Waals surface area (Å²) in [7, 11) is 3.68. The lowest BCUT2D eigenvalue weighted by atomic mass is 10.0. The van der Waals surface area contributed by atoms with Crippen molar-refractivity contribution in [2.75, 3.05) is 34.0 Å². The van der Waals surface area contributed by atoms with Crippen LogP contribution in [0.3, 0.4) is 0 Å². The van der Waals surface area contributed by atoms with E-state index in [0.29, 0.717) is 25.9 Å². The van der Waals surface area contributed by atoms with Crippen molar-refractivity contribution in [3.05, 3.63) is 17.0 Å². The Kier molecular flexibility index (Phi) is 7.05. The highest BCUT2D eigenvalue weighted by atomic mass is 16.5. The molecular formula is C14H27N3O2. The van der Waals surface area contributed by atoms with Crippen LogP contribution in [-0.4, -0.2) is 43.8 Å². The molecule has 0 aliphatic heterocycles. The third-order valence-electron chi connectivity index (χ3n) is 3.42. The molecule has 19 heavy (non-hydrogen) atoms. The minimum absolute atomic E-state index is 0.378. The van der Waals surface area contributed by atoms with Crippen LogP contribution in [0.25, 0.3) is 0 Å². The Morgan fingerprint density at radius 2 is 2.00 bits per heavy atom. The molecular weight excluding hydrogens is 242 g/mol. The first-order valence-electron chi connectivity index (χ1n) is 6.93. The molecule has 0 aliphatic carbocycles. The molecule has 0 radical (unpaired) electrons. The molecule has 0 saturated heterocycles. The minimum atomic E-state index is 0.378. The van der Waals surface area contributed by atoms with E-state index in [1.165, 1.54) is 11.3 Å². The summed E-state index contributed by atoms with van der Waals surface area (Å²) in [4.78, 5) is 0. The largest absolute Gasteiger partial charge is 0.382 e. The van der Waals surface area contributed by atoms with Gasteiger partial charge in [0.1, 0.15) is 0 Å². The van der Waals surface area contributed by atoms with Crippen molar-refractivity contribution in [2.45, 2.75) is 39.8 Å². The average molecular weight is 269 g/mol. The molecule has 5 nitrogen and oxygen atoms in total. The van der Waals surface area contributed by atoms with Crippen LogP contribution in [0, 0.1) is 13.8 Å². The number of methoxy groups -OCH3 is 1. The topological polar surface area (TPSA) is 48.3 Å². The summed E-state index contributed by atoms with van der Waals surface area (Å²) in [5.74, 6) is 0. The van der Waals surface area contributed by atoms with Gasteiger partial charge in [0.05, 0.1) is 32.1 Å². The molecule has 0 saturated carbocycles. The highest BCUT2D eigenvalue weighted by Gasteiger charge is 2.17. The predicted molar refractivity (Wildman–Crippen MR) is 76.5 cm³/mol. The van der Waals surface area contributed by atoms with Gasteiger partial charge in [0.15, 0.2) is 0 Å². The molecule has 0 bridgehead atoms. The Bertz CT molecular complexity index is 373. The molecule has 0 spiro atoms. The third-order valence-corrected chi connectivity index (χ3v) is 3.42. The van der Waals surface area contributed by atoms with Crippen molar-refractivity contribution in [1.82, 2.24) is 15.1 Å². The zero-order chi connectivity index (χ0) is 14.3. The molecule has 1 aromatic heterocycles. The van der Waals surface area contributed by atoms with Crippen LogP contribution in [0.1, 0.15) is 36.3 Å². The number of nitrogens with one attached hydrogen (secondary N) is 1. The first-order chi connectivity index (χ1) is 9.15. The lowest BCUT2D eigenvalue weighted by Crippen LogP contribution is -2.17. The van der Waals surface area contributed by atoms with Crippen molar-refractivity contribution in [1.29, 1.82) is 0 Å². The van der Waals surface area contributed by atoms with E-state index in [9.17, 15) is 0 Å². The predicted octanol–water partition coefficient (Wildman–Crippen LogP) is 1.83. The van der Waals surface area contributed by atoms with Crippen LogP contribution in [0.15, 0.2) is 0 Å². The van der Waals surface area contributed by atoms with Crippen LogP contribution in [-0.2, 0) is 16.0 Å². The molecule has 0 fully saturated rings. The lowest BCUT2D eigenvalue weighted by molar-refractivity contribution is 0.0651. The second-order valence-electron chi connectivity index (χ2n) is 4.66. The normalized spacial score (nSPS) is 12.9. The second kappa shape index (κ2) is 8.30. The molecule has 0 aliphatic rings. The van der Waals surface area contributed by atoms with Crippen molar-refractivity contribution >= 4 is 0 Å². The van der Waals surface area contributed by atoms with Gasteiger partial charge in [-0.25, -0.2) is 0 Å². The van der Waals surface area contributed by atoms with Gasteiger partial charge in [-0.3, -0.25) is 4.68 Å².